The molecule has 0 aromatic heterocycles. The third-order valence-electron chi connectivity index (χ3n) is 11.2. The Morgan fingerprint density at radius 2 is 1.73 bits per heavy atom. The predicted molar refractivity (Wildman–Crippen MR) is 173 cm³/mol. The molecule has 1 aromatic rings. The van der Waals surface area contributed by atoms with Gasteiger partial charge in [0.2, 0.25) is 11.8 Å². The Bertz CT molecular complexity index is 1180. The predicted octanol–water partition coefficient (Wildman–Crippen LogP) is 5.23. The van der Waals surface area contributed by atoms with Gasteiger partial charge in [-0.3, -0.25) is 14.4 Å². The van der Waals surface area contributed by atoms with Crippen LogP contribution in [0, 0.1) is 29.1 Å². The molecule has 0 radical (unpaired) electrons. The number of amides is 3. The molecule has 1 saturated heterocycles. The van der Waals surface area contributed by atoms with E-state index in [4.69, 9.17) is 9.31 Å². The first-order valence-corrected chi connectivity index (χ1v) is 17.2. The number of carbonyl (C=O) groups is 3. The summed E-state index contributed by atoms with van der Waals surface area (Å²) in [5.41, 5.74) is 1.52. The molecule has 3 N–H and O–H groups in total. The van der Waals surface area contributed by atoms with Crippen molar-refractivity contribution in [2.24, 2.45) is 29.1 Å². The van der Waals surface area contributed by atoms with Crippen LogP contribution < -0.4 is 16.0 Å². The topological polar surface area (TPSA) is 106 Å². The first-order chi connectivity index (χ1) is 20.9. The molecular formula is C35H54BN3O5. The number of benzene rings is 1. The lowest BCUT2D eigenvalue weighted by atomic mass is 9.43. The quantitative estimate of drug-likeness (QED) is 0.266. The second-order valence-electron chi connectivity index (χ2n) is 15.1. The number of rotatable bonds is 13. The molecule has 1 aromatic carbocycles. The molecule has 6 rings (SSSR count). The van der Waals surface area contributed by atoms with Crippen molar-refractivity contribution in [1.29, 1.82) is 0 Å². The highest BCUT2D eigenvalue weighted by Gasteiger charge is 2.68. The third-order valence-corrected chi connectivity index (χ3v) is 11.2. The number of nitrogens with one attached hydrogen (secondary N) is 3. The summed E-state index contributed by atoms with van der Waals surface area (Å²) in [5.74, 6) is 0.208. The lowest BCUT2D eigenvalue weighted by Gasteiger charge is -2.64. The standard InChI is InChI=1S/C35H54BN3O5/c1-7-8-11-23-14-16-25(17-15-23)32(41)38-27(21-37-31(40)24-12-9-10-13-24)33(42)39-30(18-22(2)3)36-43-29-20-26-19-28(34(26,4)5)35(29,6)44-36/h14-17,22,24,26-30H,7-13,18-21H2,1-6H3,(H,37,40)(H,38,41)(H,39,42)/t26-,27+,28-,29-,30+,35+/m1/s1. The molecule has 0 spiro atoms. The molecule has 2 bridgehead atoms. The van der Waals surface area contributed by atoms with Crippen LogP contribution in [-0.2, 0) is 25.3 Å². The summed E-state index contributed by atoms with van der Waals surface area (Å²) in [4.78, 5) is 40.2. The van der Waals surface area contributed by atoms with Crippen LogP contribution in [0.3, 0.4) is 0 Å². The summed E-state index contributed by atoms with van der Waals surface area (Å²) in [6.07, 6.45) is 9.82. The Kier molecular flexibility index (Phi) is 10.2. The number of carbonyl (C=O) groups excluding carboxylic acids is 3. The van der Waals surface area contributed by atoms with Crippen molar-refractivity contribution in [1.82, 2.24) is 16.0 Å². The van der Waals surface area contributed by atoms with Crippen molar-refractivity contribution in [3.05, 3.63) is 35.4 Å². The van der Waals surface area contributed by atoms with Gasteiger partial charge in [0.15, 0.2) is 0 Å². The van der Waals surface area contributed by atoms with E-state index in [1.165, 1.54) is 5.56 Å². The van der Waals surface area contributed by atoms with Crippen molar-refractivity contribution in [3.63, 3.8) is 0 Å². The van der Waals surface area contributed by atoms with Crippen molar-refractivity contribution >= 4 is 24.8 Å². The van der Waals surface area contributed by atoms with Crippen molar-refractivity contribution in [2.45, 2.75) is 129 Å². The molecule has 44 heavy (non-hydrogen) atoms. The summed E-state index contributed by atoms with van der Waals surface area (Å²) in [5, 5.41) is 9.09. The van der Waals surface area contributed by atoms with Crippen LogP contribution in [-0.4, -0.2) is 55.1 Å². The Morgan fingerprint density at radius 3 is 2.36 bits per heavy atom. The van der Waals surface area contributed by atoms with Crippen molar-refractivity contribution < 1.29 is 23.7 Å². The van der Waals surface area contributed by atoms with E-state index in [1.807, 2.05) is 24.3 Å². The van der Waals surface area contributed by atoms with Crippen LogP contribution >= 0.6 is 0 Å². The van der Waals surface area contributed by atoms with Gasteiger partial charge < -0.3 is 25.3 Å². The van der Waals surface area contributed by atoms with Gasteiger partial charge >= 0.3 is 7.12 Å². The van der Waals surface area contributed by atoms with Crippen LogP contribution in [0.25, 0.3) is 0 Å². The first-order valence-electron chi connectivity index (χ1n) is 17.2. The highest BCUT2D eigenvalue weighted by molar-refractivity contribution is 6.48. The lowest BCUT2D eigenvalue weighted by molar-refractivity contribution is -0.199. The van der Waals surface area contributed by atoms with E-state index in [0.29, 0.717) is 23.8 Å². The largest absolute Gasteiger partial charge is 0.481 e. The minimum absolute atomic E-state index is 0.0114. The maximum absolute atomic E-state index is 13.9. The third kappa shape index (κ3) is 6.89. The highest BCUT2D eigenvalue weighted by Crippen LogP contribution is 2.65. The van der Waals surface area contributed by atoms with Gasteiger partial charge in [0.05, 0.1) is 17.6 Å². The van der Waals surface area contributed by atoms with E-state index in [2.05, 4.69) is 57.5 Å². The van der Waals surface area contributed by atoms with Crippen LogP contribution in [0.4, 0.5) is 0 Å². The molecule has 242 valence electrons. The fourth-order valence-electron chi connectivity index (χ4n) is 8.29. The van der Waals surface area contributed by atoms with Crippen LogP contribution in [0.15, 0.2) is 24.3 Å². The zero-order valence-electron chi connectivity index (χ0n) is 27.7. The normalized spacial score (nSPS) is 28.6. The highest BCUT2D eigenvalue weighted by atomic mass is 16.7. The molecule has 5 fully saturated rings. The number of aryl methyl sites for hydroxylation is 1. The van der Waals surface area contributed by atoms with Crippen LogP contribution in [0.2, 0.25) is 0 Å². The fraction of sp³-hybridized carbons (Fsp3) is 0.743. The van der Waals surface area contributed by atoms with Gasteiger partial charge in [0, 0.05) is 18.0 Å². The SMILES string of the molecule is CCCCc1ccc(C(=O)N[C@@H](CNC(=O)C2CCCC2)C(=O)N[C@@H](CC(C)C)B2O[C@@H]3C[C@H]4C[C@H](C4(C)C)[C@]3(C)O2)cc1. The maximum atomic E-state index is 13.9. The molecule has 5 aliphatic rings. The molecule has 1 heterocycles. The lowest BCUT2D eigenvalue weighted by Crippen LogP contribution is -2.65. The second kappa shape index (κ2) is 13.5. The molecule has 1 aliphatic heterocycles. The Morgan fingerprint density at radius 1 is 1.02 bits per heavy atom. The van der Waals surface area contributed by atoms with Gasteiger partial charge in [-0.15, -0.1) is 0 Å². The van der Waals surface area contributed by atoms with E-state index >= 15 is 0 Å². The Hall–Kier alpha value is -2.39. The summed E-state index contributed by atoms with van der Waals surface area (Å²) in [7, 11) is -0.563. The van der Waals surface area contributed by atoms with E-state index in [0.717, 1.165) is 57.8 Å². The summed E-state index contributed by atoms with van der Waals surface area (Å²) < 4.78 is 13.3. The average Bonchev–Trinajstić information content (AvgIpc) is 3.65. The minimum Gasteiger partial charge on any atom is -0.404 e. The minimum atomic E-state index is -0.937. The first kappa shape index (κ1) is 33.0. The number of hydrogen-bond donors (Lipinski definition) is 3. The van der Waals surface area contributed by atoms with Gasteiger partial charge in [0.1, 0.15) is 6.04 Å². The number of hydrogen-bond acceptors (Lipinski definition) is 5. The van der Waals surface area contributed by atoms with Crippen molar-refractivity contribution in [3.8, 4) is 0 Å². The van der Waals surface area contributed by atoms with E-state index in [1.54, 1.807) is 0 Å². The van der Waals surface area contributed by atoms with E-state index < -0.39 is 13.2 Å². The second-order valence-corrected chi connectivity index (χ2v) is 15.1. The van der Waals surface area contributed by atoms with Crippen LogP contribution in [0.1, 0.15) is 115 Å². The average molecular weight is 608 g/mol. The molecule has 8 nitrogen and oxygen atoms in total. The number of unbranched alkanes of at least 4 members (excludes halogenated alkanes) is 1. The molecule has 3 amide bonds. The Labute approximate surface area is 264 Å². The summed E-state index contributed by atoms with van der Waals surface area (Å²) in [6, 6.07) is 6.63. The monoisotopic (exact) mass is 607 g/mol. The molecular weight excluding hydrogens is 553 g/mol. The zero-order chi connectivity index (χ0) is 31.6. The fourth-order valence-corrected chi connectivity index (χ4v) is 8.29. The van der Waals surface area contributed by atoms with Gasteiger partial charge in [0.25, 0.3) is 5.91 Å². The van der Waals surface area contributed by atoms with E-state index in [-0.39, 0.29) is 59.2 Å². The maximum Gasteiger partial charge on any atom is 0.481 e. The smallest absolute Gasteiger partial charge is 0.404 e. The van der Waals surface area contributed by atoms with E-state index in [9.17, 15) is 14.4 Å². The van der Waals surface area contributed by atoms with Crippen molar-refractivity contribution in [2.75, 3.05) is 6.54 Å². The van der Waals surface area contributed by atoms with Gasteiger partial charge in [-0.05, 0) is 92.7 Å². The van der Waals surface area contributed by atoms with Gasteiger partial charge in [-0.2, -0.15) is 0 Å². The zero-order valence-corrected chi connectivity index (χ0v) is 27.7. The molecule has 4 aliphatic carbocycles. The summed E-state index contributed by atoms with van der Waals surface area (Å²) in [6.45, 7) is 13.3. The molecule has 0 unspecified atom stereocenters. The van der Waals surface area contributed by atoms with Gasteiger partial charge in [-0.25, -0.2) is 0 Å². The van der Waals surface area contributed by atoms with Crippen LogP contribution in [0.5, 0.6) is 0 Å². The molecule has 6 atom stereocenters. The van der Waals surface area contributed by atoms with Gasteiger partial charge in [-0.1, -0.05) is 66.0 Å². The summed E-state index contributed by atoms with van der Waals surface area (Å²) >= 11 is 0. The molecule has 4 saturated carbocycles. The molecule has 9 heteroatoms. The Balaban J connectivity index is 1.29.